The van der Waals surface area contributed by atoms with Gasteiger partial charge in [-0.15, -0.1) is 0 Å². The molecule has 0 radical (unpaired) electrons. The number of para-hydroxylation sites is 1. The molecule has 2 aromatic heterocycles. The Morgan fingerprint density at radius 1 is 1.19 bits per heavy atom. The van der Waals surface area contributed by atoms with E-state index < -0.39 is 0 Å². The quantitative estimate of drug-likeness (QED) is 0.292. The van der Waals surface area contributed by atoms with E-state index in [-0.39, 0.29) is 29.4 Å². The number of carbonyl (C=O) groups is 1. The van der Waals surface area contributed by atoms with Gasteiger partial charge in [0.2, 0.25) is 5.91 Å². The van der Waals surface area contributed by atoms with Crippen LogP contribution in [0, 0.1) is 0 Å². The summed E-state index contributed by atoms with van der Waals surface area (Å²) in [5.74, 6) is 0.607. The van der Waals surface area contributed by atoms with Gasteiger partial charge in [0.15, 0.2) is 5.16 Å². The monoisotopic (exact) mass is 443 g/mol. The molecule has 166 valence electrons. The summed E-state index contributed by atoms with van der Waals surface area (Å²) < 4.78 is 9.00. The second-order valence-electron chi connectivity index (χ2n) is 7.73. The lowest BCUT2D eigenvalue weighted by Gasteiger charge is -2.14. The van der Waals surface area contributed by atoms with E-state index in [1.165, 1.54) is 11.8 Å². The molecule has 1 N–H and O–H groups in total. The third-order valence-corrected chi connectivity index (χ3v) is 5.54. The number of benzene rings is 1. The number of rotatable bonds is 10. The number of nitrogens with one attached hydrogen (secondary N) is 1. The van der Waals surface area contributed by atoms with Gasteiger partial charge in [0.1, 0.15) is 5.82 Å². The van der Waals surface area contributed by atoms with Crippen LogP contribution in [0.3, 0.4) is 0 Å². The smallest absolute Gasteiger partial charge is 0.262 e. The van der Waals surface area contributed by atoms with Crippen molar-refractivity contribution in [3.05, 3.63) is 46.9 Å². The van der Waals surface area contributed by atoms with Crippen LogP contribution >= 0.6 is 11.8 Å². The van der Waals surface area contributed by atoms with E-state index in [4.69, 9.17) is 4.74 Å². The lowest BCUT2D eigenvalue weighted by molar-refractivity contribution is -0.113. The summed E-state index contributed by atoms with van der Waals surface area (Å²) >= 11 is 1.25. The normalized spacial score (nSPS) is 11.5. The van der Waals surface area contributed by atoms with E-state index in [9.17, 15) is 9.59 Å². The predicted octanol–water partition coefficient (Wildman–Crippen LogP) is 3.72. The Kier molecular flexibility index (Phi) is 7.86. The van der Waals surface area contributed by atoms with Crippen molar-refractivity contribution in [2.75, 3.05) is 17.7 Å². The van der Waals surface area contributed by atoms with Gasteiger partial charge in [0.25, 0.3) is 5.56 Å². The van der Waals surface area contributed by atoms with Crippen LogP contribution < -0.4 is 10.9 Å². The van der Waals surface area contributed by atoms with Crippen LogP contribution in [0.5, 0.6) is 0 Å². The minimum absolute atomic E-state index is 0.101. The van der Waals surface area contributed by atoms with Gasteiger partial charge in [-0.25, -0.2) is 9.67 Å². The summed E-state index contributed by atoms with van der Waals surface area (Å²) in [6.45, 7) is 8.99. The number of aromatic nitrogens is 4. The van der Waals surface area contributed by atoms with Crippen molar-refractivity contribution in [3.63, 3.8) is 0 Å². The number of carbonyl (C=O) groups excluding carboxylic acids is 1. The number of ether oxygens (including phenoxy) is 1. The molecule has 0 spiro atoms. The number of hydrogen-bond donors (Lipinski definition) is 1. The Hall–Kier alpha value is -2.65. The molecule has 1 amide bonds. The molecular formula is C22H29N5O3S. The Morgan fingerprint density at radius 2 is 1.97 bits per heavy atom. The molecule has 3 rings (SSSR count). The first kappa shape index (κ1) is 23.0. The Balaban J connectivity index is 1.76. The highest BCUT2D eigenvalue weighted by molar-refractivity contribution is 7.99. The third kappa shape index (κ3) is 5.95. The summed E-state index contributed by atoms with van der Waals surface area (Å²) in [5.41, 5.74) is 0.527. The highest BCUT2D eigenvalue weighted by atomic mass is 32.2. The minimum Gasteiger partial charge on any atom is -0.379 e. The fraction of sp³-hybridized carbons (Fsp3) is 0.455. The maximum Gasteiger partial charge on any atom is 0.262 e. The fourth-order valence-corrected chi connectivity index (χ4v) is 3.96. The van der Waals surface area contributed by atoms with E-state index in [1.54, 1.807) is 27.6 Å². The minimum atomic E-state index is -0.176. The summed E-state index contributed by atoms with van der Waals surface area (Å²) in [6, 6.07) is 9.17. The zero-order valence-electron chi connectivity index (χ0n) is 18.4. The van der Waals surface area contributed by atoms with Crippen LogP contribution in [-0.4, -0.2) is 43.7 Å². The van der Waals surface area contributed by atoms with Crippen LogP contribution in [0.2, 0.25) is 0 Å². The Labute approximate surface area is 186 Å². The van der Waals surface area contributed by atoms with E-state index in [2.05, 4.69) is 15.4 Å². The van der Waals surface area contributed by atoms with Crippen LogP contribution in [0.4, 0.5) is 5.82 Å². The first-order valence-electron chi connectivity index (χ1n) is 10.4. The maximum absolute atomic E-state index is 13.1. The average Bonchev–Trinajstić information content (AvgIpc) is 3.19. The molecule has 0 aliphatic heterocycles. The van der Waals surface area contributed by atoms with Crippen LogP contribution in [0.15, 0.2) is 46.5 Å². The van der Waals surface area contributed by atoms with Crippen molar-refractivity contribution in [3.8, 4) is 0 Å². The van der Waals surface area contributed by atoms with Crippen molar-refractivity contribution in [2.45, 2.75) is 58.0 Å². The maximum atomic E-state index is 13.1. The molecule has 0 unspecified atom stereocenters. The van der Waals surface area contributed by atoms with Gasteiger partial charge in [-0.3, -0.25) is 14.2 Å². The van der Waals surface area contributed by atoms with Crippen molar-refractivity contribution in [2.24, 2.45) is 0 Å². The number of amides is 1. The Bertz CT molecular complexity index is 1090. The molecule has 0 aliphatic carbocycles. The molecule has 2 heterocycles. The predicted molar refractivity (Wildman–Crippen MR) is 124 cm³/mol. The molecule has 1 aromatic carbocycles. The molecule has 0 atom stereocenters. The topological polar surface area (TPSA) is 91.0 Å². The zero-order chi connectivity index (χ0) is 22.4. The molecule has 0 saturated heterocycles. The van der Waals surface area contributed by atoms with E-state index in [0.717, 1.165) is 0 Å². The summed E-state index contributed by atoms with van der Waals surface area (Å²) in [6.07, 6.45) is 2.49. The second-order valence-corrected chi connectivity index (χ2v) is 8.68. The molecule has 0 aliphatic rings. The summed E-state index contributed by atoms with van der Waals surface area (Å²) in [5, 5.41) is 8.21. The Morgan fingerprint density at radius 3 is 2.71 bits per heavy atom. The number of hydrogen-bond acceptors (Lipinski definition) is 6. The highest BCUT2D eigenvalue weighted by Gasteiger charge is 2.15. The average molecular weight is 444 g/mol. The molecule has 0 saturated carbocycles. The molecular weight excluding hydrogens is 414 g/mol. The van der Waals surface area contributed by atoms with Gasteiger partial charge in [-0.05, 0) is 46.2 Å². The van der Waals surface area contributed by atoms with Gasteiger partial charge >= 0.3 is 0 Å². The second kappa shape index (κ2) is 10.6. The van der Waals surface area contributed by atoms with Crippen LogP contribution in [0.1, 0.15) is 40.2 Å². The number of fused-ring (bicyclic) bond motifs is 1. The van der Waals surface area contributed by atoms with Crippen LogP contribution in [-0.2, 0) is 16.1 Å². The van der Waals surface area contributed by atoms with Crippen molar-refractivity contribution in [1.82, 2.24) is 19.3 Å². The van der Waals surface area contributed by atoms with Gasteiger partial charge < -0.3 is 10.1 Å². The molecule has 31 heavy (non-hydrogen) atoms. The van der Waals surface area contributed by atoms with E-state index in [0.29, 0.717) is 41.4 Å². The van der Waals surface area contributed by atoms with Gasteiger partial charge in [0.05, 0.1) is 29.0 Å². The van der Waals surface area contributed by atoms with Gasteiger partial charge in [0, 0.05) is 25.3 Å². The highest BCUT2D eigenvalue weighted by Crippen LogP contribution is 2.19. The lowest BCUT2D eigenvalue weighted by atomic mass is 10.2. The summed E-state index contributed by atoms with van der Waals surface area (Å²) in [4.78, 5) is 30.3. The van der Waals surface area contributed by atoms with Crippen molar-refractivity contribution >= 4 is 34.4 Å². The molecule has 0 bridgehead atoms. The van der Waals surface area contributed by atoms with Gasteiger partial charge in [-0.1, -0.05) is 23.9 Å². The summed E-state index contributed by atoms with van der Waals surface area (Å²) in [7, 11) is 0. The van der Waals surface area contributed by atoms with Crippen molar-refractivity contribution < 1.29 is 9.53 Å². The third-order valence-electron chi connectivity index (χ3n) is 4.56. The number of thioether (sulfide) groups is 1. The molecule has 8 nitrogen and oxygen atoms in total. The SMILES string of the molecule is CC(C)OCCCn1c(SCC(=O)Nc2ccnn2C(C)C)nc2ccccc2c1=O. The zero-order valence-corrected chi connectivity index (χ0v) is 19.2. The van der Waals surface area contributed by atoms with Crippen molar-refractivity contribution in [1.29, 1.82) is 0 Å². The fourth-order valence-electron chi connectivity index (χ4n) is 3.13. The van der Waals surface area contributed by atoms with E-state index in [1.807, 2.05) is 45.9 Å². The number of nitrogens with zero attached hydrogens (tertiary/aromatic N) is 4. The molecule has 3 aromatic rings. The first-order valence-corrected chi connectivity index (χ1v) is 11.4. The standard InChI is InChI=1S/C22H29N5O3S/c1-15(2)27-19(10-11-23-27)25-20(28)14-31-22-24-18-9-6-5-8-17(18)21(29)26(22)12-7-13-30-16(3)4/h5-6,8-11,15-16H,7,12-14H2,1-4H3,(H,25,28). The molecule has 9 heteroatoms. The molecule has 0 fully saturated rings. The van der Waals surface area contributed by atoms with E-state index >= 15 is 0 Å². The van der Waals surface area contributed by atoms with Crippen LogP contribution in [0.25, 0.3) is 10.9 Å². The van der Waals surface area contributed by atoms with Gasteiger partial charge in [-0.2, -0.15) is 5.10 Å². The lowest BCUT2D eigenvalue weighted by Crippen LogP contribution is -2.25. The first-order chi connectivity index (χ1) is 14.9. The largest absolute Gasteiger partial charge is 0.379 e. The number of anilines is 1.